The second kappa shape index (κ2) is 7.28. The minimum absolute atomic E-state index is 0.145. The van der Waals surface area contributed by atoms with Crippen molar-refractivity contribution in [3.63, 3.8) is 0 Å². The highest BCUT2D eigenvalue weighted by molar-refractivity contribution is 5.97. The number of ether oxygens (including phenoxy) is 1. The van der Waals surface area contributed by atoms with Gasteiger partial charge in [-0.05, 0) is 82.0 Å². The van der Waals surface area contributed by atoms with Crippen molar-refractivity contribution in [1.82, 2.24) is 10.6 Å². The van der Waals surface area contributed by atoms with E-state index in [0.717, 1.165) is 49.9 Å². The first-order valence-electron chi connectivity index (χ1n) is 10.4. The third-order valence-electron chi connectivity index (χ3n) is 6.87. The van der Waals surface area contributed by atoms with Gasteiger partial charge in [0, 0.05) is 5.54 Å². The lowest BCUT2D eigenvalue weighted by Crippen LogP contribution is -2.62. The topological polar surface area (TPSA) is 84.5 Å². The van der Waals surface area contributed by atoms with E-state index >= 15 is 0 Å². The van der Waals surface area contributed by atoms with Crippen LogP contribution in [0.1, 0.15) is 64.7 Å². The number of allylic oxidation sites excluding steroid dienone is 2. The fraction of sp³-hybridized carbons (Fsp3) is 0.762. The molecule has 0 spiro atoms. The smallest absolute Gasteiger partial charge is 0.321 e. The standard InChI is InChI=1S/C21H30N2O4/c1-13(27-18(24)9-14-4-2-3-5-14)19(25)22-20(26)23-21-10-15-6-16(11-21)8-17(7-15)12-21/h2,4,13-17H,3,5-12H2,1H3,(H2,22,23,25,26)/t13-,14-,15?,16?,17?,21?/m0/s1. The second-order valence-corrected chi connectivity index (χ2v) is 9.24. The summed E-state index contributed by atoms with van der Waals surface area (Å²) in [4.78, 5) is 36.6. The van der Waals surface area contributed by atoms with Gasteiger partial charge in [-0.25, -0.2) is 4.79 Å². The third-order valence-corrected chi connectivity index (χ3v) is 6.87. The Bertz CT molecular complexity index is 621. The predicted octanol–water partition coefficient (Wildman–Crippen LogP) is 3.07. The summed E-state index contributed by atoms with van der Waals surface area (Å²) in [7, 11) is 0. The average molecular weight is 374 g/mol. The van der Waals surface area contributed by atoms with Gasteiger partial charge in [0.15, 0.2) is 6.10 Å². The number of amides is 3. The number of urea groups is 1. The van der Waals surface area contributed by atoms with Gasteiger partial charge in [0.05, 0.1) is 6.42 Å². The Kier molecular flexibility index (Phi) is 4.99. The van der Waals surface area contributed by atoms with E-state index in [1.165, 1.54) is 26.2 Å². The summed E-state index contributed by atoms with van der Waals surface area (Å²) >= 11 is 0. The molecule has 3 amide bonds. The fourth-order valence-corrected chi connectivity index (χ4v) is 6.13. The zero-order valence-electron chi connectivity index (χ0n) is 16.0. The molecule has 0 aromatic rings. The largest absolute Gasteiger partial charge is 0.453 e. The molecule has 2 N–H and O–H groups in total. The van der Waals surface area contributed by atoms with Crippen molar-refractivity contribution in [2.45, 2.75) is 76.4 Å². The summed E-state index contributed by atoms with van der Waals surface area (Å²) in [6.07, 6.45) is 12.3. The van der Waals surface area contributed by atoms with Gasteiger partial charge < -0.3 is 10.1 Å². The molecular weight excluding hydrogens is 344 g/mol. The predicted molar refractivity (Wildman–Crippen MR) is 99.6 cm³/mol. The minimum atomic E-state index is -0.968. The van der Waals surface area contributed by atoms with Crippen LogP contribution in [0.4, 0.5) is 4.79 Å². The van der Waals surface area contributed by atoms with Gasteiger partial charge >= 0.3 is 12.0 Å². The number of hydrogen-bond acceptors (Lipinski definition) is 4. The van der Waals surface area contributed by atoms with Crippen molar-refractivity contribution in [2.24, 2.45) is 23.7 Å². The summed E-state index contributed by atoms with van der Waals surface area (Å²) in [5, 5.41) is 5.48. The van der Waals surface area contributed by atoms with Gasteiger partial charge in [0.25, 0.3) is 5.91 Å². The van der Waals surface area contributed by atoms with E-state index in [-0.39, 0.29) is 17.9 Å². The molecular formula is C21H30N2O4. The van der Waals surface area contributed by atoms with Crippen LogP contribution in [0.2, 0.25) is 0 Å². The van der Waals surface area contributed by atoms with E-state index in [0.29, 0.717) is 0 Å². The number of nitrogens with one attached hydrogen (secondary N) is 2. The van der Waals surface area contributed by atoms with E-state index in [2.05, 4.69) is 16.7 Å². The zero-order chi connectivity index (χ0) is 19.0. The van der Waals surface area contributed by atoms with Gasteiger partial charge in [-0.15, -0.1) is 0 Å². The molecule has 0 aromatic carbocycles. The lowest BCUT2D eigenvalue weighted by atomic mass is 9.53. The second-order valence-electron chi connectivity index (χ2n) is 9.24. The summed E-state index contributed by atoms with van der Waals surface area (Å²) in [5.74, 6) is 1.40. The summed E-state index contributed by atoms with van der Waals surface area (Å²) in [6.45, 7) is 1.51. The Hall–Kier alpha value is -1.85. The molecule has 27 heavy (non-hydrogen) atoms. The first kappa shape index (κ1) is 18.5. The maximum Gasteiger partial charge on any atom is 0.321 e. The Morgan fingerprint density at radius 2 is 1.74 bits per heavy atom. The number of esters is 1. The lowest BCUT2D eigenvalue weighted by Gasteiger charge is -2.56. The van der Waals surface area contributed by atoms with E-state index in [4.69, 9.17) is 4.74 Å². The van der Waals surface area contributed by atoms with Crippen LogP contribution in [0.25, 0.3) is 0 Å². The third kappa shape index (κ3) is 4.19. The molecule has 4 saturated carbocycles. The molecule has 0 unspecified atom stereocenters. The Morgan fingerprint density at radius 3 is 2.30 bits per heavy atom. The Labute approximate surface area is 160 Å². The Morgan fingerprint density at radius 1 is 1.11 bits per heavy atom. The molecule has 4 fully saturated rings. The molecule has 0 saturated heterocycles. The maximum absolute atomic E-state index is 12.4. The number of hydrogen-bond donors (Lipinski definition) is 2. The van der Waals surface area contributed by atoms with Crippen LogP contribution in [0.3, 0.4) is 0 Å². The molecule has 6 heteroatoms. The van der Waals surface area contributed by atoms with Crippen molar-refractivity contribution in [3.05, 3.63) is 12.2 Å². The Balaban J connectivity index is 1.24. The molecule has 0 heterocycles. The van der Waals surface area contributed by atoms with E-state index in [9.17, 15) is 14.4 Å². The molecule has 5 aliphatic carbocycles. The molecule has 4 bridgehead atoms. The van der Waals surface area contributed by atoms with E-state index < -0.39 is 24.0 Å². The van der Waals surface area contributed by atoms with Crippen molar-refractivity contribution >= 4 is 17.9 Å². The highest BCUT2D eigenvalue weighted by Crippen LogP contribution is 2.55. The summed E-state index contributed by atoms with van der Waals surface area (Å²) in [5.41, 5.74) is -0.145. The molecule has 0 aliphatic heterocycles. The SMILES string of the molecule is C[C@H](OC(=O)C[C@H]1C=CCC1)C(=O)NC(=O)NC12CC3CC(CC(C3)C1)C2. The molecule has 6 nitrogen and oxygen atoms in total. The summed E-state index contributed by atoms with van der Waals surface area (Å²) < 4.78 is 5.20. The molecule has 0 radical (unpaired) electrons. The zero-order valence-corrected chi connectivity index (χ0v) is 16.0. The number of carbonyl (C=O) groups is 3. The molecule has 148 valence electrons. The highest BCUT2D eigenvalue weighted by atomic mass is 16.5. The summed E-state index contributed by atoms with van der Waals surface area (Å²) in [6, 6.07) is -0.455. The van der Waals surface area contributed by atoms with Gasteiger partial charge in [0.2, 0.25) is 0 Å². The normalized spacial score (nSPS) is 37.1. The molecule has 5 aliphatic rings. The first-order chi connectivity index (χ1) is 12.9. The van der Waals surface area contributed by atoms with Crippen molar-refractivity contribution in [2.75, 3.05) is 0 Å². The quantitative estimate of drug-likeness (QED) is 0.572. The monoisotopic (exact) mass is 374 g/mol. The van der Waals surface area contributed by atoms with Crippen LogP contribution < -0.4 is 10.6 Å². The van der Waals surface area contributed by atoms with Crippen molar-refractivity contribution < 1.29 is 19.1 Å². The van der Waals surface area contributed by atoms with Crippen LogP contribution in [-0.2, 0) is 14.3 Å². The number of rotatable bonds is 5. The fourth-order valence-electron chi connectivity index (χ4n) is 6.13. The van der Waals surface area contributed by atoms with Crippen molar-refractivity contribution in [1.29, 1.82) is 0 Å². The number of carbonyl (C=O) groups excluding carboxylic acids is 3. The molecule has 0 aromatic heterocycles. The van der Waals surface area contributed by atoms with Crippen LogP contribution in [0.5, 0.6) is 0 Å². The van der Waals surface area contributed by atoms with Crippen LogP contribution in [-0.4, -0.2) is 29.6 Å². The van der Waals surface area contributed by atoms with Gasteiger partial charge in [-0.1, -0.05) is 12.2 Å². The van der Waals surface area contributed by atoms with Crippen LogP contribution in [0.15, 0.2) is 12.2 Å². The maximum atomic E-state index is 12.4. The molecule has 5 rings (SSSR count). The van der Waals surface area contributed by atoms with E-state index in [1.54, 1.807) is 0 Å². The van der Waals surface area contributed by atoms with Crippen molar-refractivity contribution in [3.8, 4) is 0 Å². The molecule has 2 atom stereocenters. The van der Waals surface area contributed by atoms with Gasteiger partial charge in [-0.3, -0.25) is 14.9 Å². The lowest BCUT2D eigenvalue weighted by molar-refractivity contribution is -0.155. The highest BCUT2D eigenvalue weighted by Gasteiger charge is 2.51. The van der Waals surface area contributed by atoms with Gasteiger partial charge in [0.1, 0.15) is 0 Å². The first-order valence-corrected chi connectivity index (χ1v) is 10.4. The van der Waals surface area contributed by atoms with E-state index in [1.807, 2.05) is 6.08 Å². The van der Waals surface area contributed by atoms with Crippen LogP contribution in [0, 0.1) is 23.7 Å². The van der Waals surface area contributed by atoms with Crippen LogP contribution >= 0.6 is 0 Å². The average Bonchev–Trinajstić information content (AvgIpc) is 3.05. The minimum Gasteiger partial charge on any atom is -0.453 e. The number of imide groups is 1. The van der Waals surface area contributed by atoms with Gasteiger partial charge in [-0.2, -0.15) is 0 Å².